The van der Waals surface area contributed by atoms with Gasteiger partial charge in [-0.25, -0.2) is 0 Å². The normalized spacial score (nSPS) is 12.4. The molecule has 18 heavy (non-hydrogen) atoms. The molecule has 1 unspecified atom stereocenters. The second-order valence-electron chi connectivity index (χ2n) is 4.34. The predicted octanol–water partition coefficient (Wildman–Crippen LogP) is 3.94. The quantitative estimate of drug-likeness (QED) is 0.925. The smallest absolute Gasteiger partial charge is 0.0424 e. The molecule has 2 rings (SSSR count). The number of benzene rings is 1. The Bertz CT molecular complexity index is 518. The summed E-state index contributed by atoms with van der Waals surface area (Å²) < 4.78 is 0. The number of halogens is 2. The minimum atomic E-state index is -0.156. The van der Waals surface area contributed by atoms with Crippen LogP contribution in [0.3, 0.4) is 0 Å². The summed E-state index contributed by atoms with van der Waals surface area (Å²) in [6.45, 7) is 2.01. The van der Waals surface area contributed by atoms with Gasteiger partial charge in [0, 0.05) is 34.4 Å². The SMILES string of the molecule is Cc1ccc(CC(N)c2cc(Cl)cc(Cl)c2)nc1. The first-order valence-electron chi connectivity index (χ1n) is 5.67. The Hall–Kier alpha value is -1.09. The van der Waals surface area contributed by atoms with Crippen molar-refractivity contribution < 1.29 is 0 Å². The summed E-state index contributed by atoms with van der Waals surface area (Å²) in [7, 11) is 0. The molecule has 1 heterocycles. The highest BCUT2D eigenvalue weighted by Gasteiger charge is 2.09. The van der Waals surface area contributed by atoms with Gasteiger partial charge in [0.2, 0.25) is 0 Å². The van der Waals surface area contributed by atoms with E-state index in [9.17, 15) is 0 Å². The second kappa shape index (κ2) is 5.70. The number of pyridine rings is 1. The highest BCUT2D eigenvalue weighted by Crippen LogP contribution is 2.24. The van der Waals surface area contributed by atoms with Crippen molar-refractivity contribution in [3.63, 3.8) is 0 Å². The van der Waals surface area contributed by atoms with Crippen molar-refractivity contribution in [1.82, 2.24) is 4.98 Å². The fourth-order valence-electron chi connectivity index (χ4n) is 1.75. The fraction of sp³-hybridized carbons (Fsp3) is 0.214. The summed E-state index contributed by atoms with van der Waals surface area (Å²) in [6.07, 6.45) is 2.50. The van der Waals surface area contributed by atoms with Crippen LogP contribution in [0, 0.1) is 6.92 Å². The van der Waals surface area contributed by atoms with E-state index in [0.29, 0.717) is 16.5 Å². The zero-order valence-electron chi connectivity index (χ0n) is 10.0. The average molecular weight is 281 g/mol. The molecular formula is C14H14Cl2N2. The van der Waals surface area contributed by atoms with E-state index in [4.69, 9.17) is 28.9 Å². The minimum absolute atomic E-state index is 0.156. The molecule has 0 saturated heterocycles. The van der Waals surface area contributed by atoms with E-state index in [1.807, 2.05) is 37.4 Å². The zero-order chi connectivity index (χ0) is 13.1. The number of aryl methyl sites for hydroxylation is 1. The maximum atomic E-state index is 6.15. The third-order valence-electron chi connectivity index (χ3n) is 2.71. The van der Waals surface area contributed by atoms with E-state index < -0.39 is 0 Å². The maximum Gasteiger partial charge on any atom is 0.0424 e. The Morgan fingerprint density at radius 2 is 1.83 bits per heavy atom. The molecule has 0 aliphatic rings. The van der Waals surface area contributed by atoms with Crippen molar-refractivity contribution >= 4 is 23.2 Å². The largest absolute Gasteiger partial charge is 0.324 e. The van der Waals surface area contributed by atoms with E-state index in [0.717, 1.165) is 16.8 Å². The Morgan fingerprint density at radius 3 is 2.39 bits per heavy atom. The van der Waals surface area contributed by atoms with Crippen molar-refractivity contribution in [3.05, 3.63) is 63.4 Å². The molecule has 1 aromatic heterocycles. The third kappa shape index (κ3) is 3.45. The topological polar surface area (TPSA) is 38.9 Å². The van der Waals surface area contributed by atoms with Crippen molar-refractivity contribution in [3.8, 4) is 0 Å². The highest BCUT2D eigenvalue weighted by atomic mass is 35.5. The molecule has 2 aromatic rings. The van der Waals surface area contributed by atoms with Crippen LogP contribution in [0.1, 0.15) is 22.9 Å². The summed E-state index contributed by atoms with van der Waals surface area (Å²) in [4.78, 5) is 4.34. The van der Waals surface area contributed by atoms with E-state index in [1.165, 1.54) is 0 Å². The number of rotatable bonds is 3. The summed E-state index contributed by atoms with van der Waals surface area (Å²) in [5.74, 6) is 0. The molecule has 2 nitrogen and oxygen atoms in total. The van der Waals surface area contributed by atoms with Gasteiger partial charge in [0.25, 0.3) is 0 Å². The first-order chi connectivity index (χ1) is 8.54. The van der Waals surface area contributed by atoms with Gasteiger partial charge < -0.3 is 5.73 Å². The first kappa shape index (κ1) is 13.3. The molecule has 1 atom stereocenters. The lowest BCUT2D eigenvalue weighted by Gasteiger charge is -2.12. The van der Waals surface area contributed by atoms with Gasteiger partial charge in [-0.05, 0) is 42.3 Å². The Labute approximate surface area is 117 Å². The lowest BCUT2D eigenvalue weighted by atomic mass is 10.0. The first-order valence-corrected chi connectivity index (χ1v) is 6.43. The van der Waals surface area contributed by atoms with Crippen LogP contribution in [0.25, 0.3) is 0 Å². The minimum Gasteiger partial charge on any atom is -0.324 e. The number of aromatic nitrogens is 1. The summed E-state index contributed by atoms with van der Waals surface area (Å²) in [5.41, 5.74) is 9.17. The molecule has 0 fully saturated rings. The van der Waals surface area contributed by atoms with E-state index in [-0.39, 0.29) is 6.04 Å². The van der Waals surface area contributed by atoms with Crippen molar-refractivity contribution in [2.75, 3.05) is 0 Å². The van der Waals surface area contributed by atoms with Gasteiger partial charge in [0.1, 0.15) is 0 Å². The monoisotopic (exact) mass is 280 g/mol. The Balaban J connectivity index is 2.16. The molecule has 0 radical (unpaired) electrons. The van der Waals surface area contributed by atoms with E-state index in [1.54, 1.807) is 6.07 Å². The Kier molecular flexibility index (Phi) is 4.23. The molecular weight excluding hydrogens is 267 g/mol. The van der Waals surface area contributed by atoms with Crippen molar-refractivity contribution in [2.45, 2.75) is 19.4 Å². The third-order valence-corrected chi connectivity index (χ3v) is 3.15. The maximum absolute atomic E-state index is 6.15. The fourth-order valence-corrected chi connectivity index (χ4v) is 2.29. The molecule has 4 heteroatoms. The second-order valence-corrected chi connectivity index (χ2v) is 5.21. The van der Waals surface area contributed by atoms with Gasteiger partial charge in [-0.15, -0.1) is 0 Å². The van der Waals surface area contributed by atoms with Crippen LogP contribution < -0.4 is 5.73 Å². The van der Waals surface area contributed by atoms with Crippen molar-refractivity contribution in [2.24, 2.45) is 5.73 Å². The molecule has 0 aliphatic carbocycles. The predicted molar refractivity (Wildman–Crippen MR) is 76.1 cm³/mol. The standard InChI is InChI=1S/C14H14Cl2N2/c1-9-2-3-13(18-8-9)7-14(17)10-4-11(15)6-12(16)5-10/h2-6,8,14H,7,17H2,1H3. The summed E-state index contributed by atoms with van der Waals surface area (Å²) in [5, 5.41) is 1.20. The van der Waals surface area contributed by atoms with Gasteiger partial charge >= 0.3 is 0 Å². The van der Waals surface area contributed by atoms with Gasteiger partial charge in [-0.3, -0.25) is 4.98 Å². The number of nitrogens with two attached hydrogens (primary N) is 1. The van der Waals surface area contributed by atoms with Gasteiger partial charge in [0.05, 0.1) is 0 Å². The number of hydrogen-bond acceptors (Lipinski definition) is 2. The molecule has 1 aromatic carbocycles. The molecule has 94 valence electrons. The van der Waals surface area contributed by atoms with Crippen LogP contribution in [0.4, 0.5) is 0 Å². The van der Waals surface area contributed by atoms with Crippen LogP contribution in [-0.4, -0.2) is 4.98 Å². The Morgan fingerprint density at radius 1 is 1.17 bits per heavy atom. The van der Waals surface area contributed by atoms with Crippen LogP contribution in [0.5, 0.6) is 0 Å². The van der Waals surface area contributed by atoms with Crippen LogP contribution in [0.15, 0.2) is 36.5 Å². The van der Waals surface area contributed by atoms with E-state index >= 15 is 0 Å². The zero-order valence-corrected chi connectivity index (χ0v) is 11.5. The molecule has 0 spiro atoms. The van der Waals surface area contributed by atoms with Gasteiger partial charge in [-0.2, -0.15) is 0 Å². The van der Waals surface area contributed by atoms with Crippen LogP contribution >= 0.6 is 23.2 Å². The van der Waals surface area contributed by atoms with Crippen molar-refractivity contribution in [1.29, 1.82) is 0 Å². The van der Waals surface area contributed by atoms with Crippen LogP contribution in [0.2, 0.25) is 10.0 Å². The summed E-state index contributed by atoms with van der Waals surface area (Å²) in [6, 6.07) is 9.24. The lowest BCUT2D eigenvalue weighted by Crippen LogP contribution is -2.14. The van der Waals surface area contributed by atoms with Crippen LogP contribution in [-0.2, 0) is 6.42 Å². The highest BCUT2D eigenvalue weighted by molar-refractivity contribution is 6.34. The van der Waals surface area contributed by atoms with Gasteiger partial charge in [0.15, 0.2) is 0 Å². The number of hydrogen-bond donors (Lipinski definition) is 1. The average Bonchev–Trinajstić information content (AvgIpc) is 2.31. The lowest BCUT2D eigenvalue weighted by molar-refractivity contribution is 0.706. The van der Waals surface area contributed by atoms with E-state index in [2.05, 4.69) is 4.98 Å². The molecule has 2 N–H and O–H groups in total. The summed E-state index contributed by atoms with van der Waals surface area (Å²) >= 11 is 11.9. The molecule has 0 aliphatic heterocycles. The molecule has 0 saturated carbocycles. The molecule has 0 bridgehead atoms. The number of nitrogens with zero attached hydrogens (tertiary/aromatic N) is 1. The molecule has 0 amide bonds. The van der Waals surface area contributed by atoms with Gasteiger partial charge in [-0.1, -0.05) is 29.3 Å².